The van der Waals surface area contributed by atoms with Crippen molar-refractivity contribution in [1.29, 1.82) is 0 Å². The van der Waals surface area contributed by atoms with E-state index >= 15 is 0 Å². The Balaban J connectivity index is 2.32. The van der Waals surface area contributed by atoms with E-state index < -0.39 is 0 Å². The molecule has 0 aliphatic heterocycles. The zero-order chi connectivity index (χ0) is 13.7. The molecule has 0 saturated heterocycles. The molecule has 0 aromatic carbocycles. The number of pyridine rings is 1. The topological polar surface area (TPSA) is 50.7 Å². The minimum atomic E-state index is 0.723. The van der Waals surface area contributed by atoms with Gasteiger partial charge in [-0.2, -0.15) is 0 Å². The number of hydrogen-bond donors (Lipinski definition) is 1. The number of nitrogens with one attached hydrogen (secondary N) is 1. The molecule has 2 rings (SSSR count). The molecule has 19 heavy (non-hydrogen) atoms. The van der Waals surface area contributed by atoms with Crippen LogP contribution in [0.4, 0.5) is 5.82 Å². The normalized spacial score (nSPS) is 10.5. The van der Waals surface area contributed by atoms with Gasteiger partial charge in [-0.25, -0.2) is 9.97 Å². The fraction of sp³-hybridized carbons (Fsp3) is 0.357. The Hall–Kier alpha value is -1.49. The van der Waals surface area contributed by atoms with Gasteiger partial charge in [-0.1, -0.05) is 6.92 Å². The van der Waals surface area contributed by atoms with Gasteiger partial charge in [0, 0.05) is 25.4 Å². The smallest absolute Gasteiger partial charge is 0.144 e. The van der Waals surface area contributed by atoms with Gasteiger partial charge in [0.05, 0.1) is 10.2 Å². The summed E-state index contributed by atoms with van der Waals surface area (Å²) in [5, 5.41) is 3.27. The number of aryl methyl sites for hydroxylation is 1. The first-order chi connectivity index (χ1) is 9.24. The van der Waals surface area contributed by atoms with E-state index in [2.05, 4.69) is 50.0 Å². The molecule has 2 heterocycles. The maximum absolute atomic E-state index is 4.61. The summed E-state index contributed by atoms with van der Waals surface area (Å²) in [5.74, 6) is 1.71. The van der Waals surface area contributed by atoms with Gasteiger partial charge in [0.25, 0.3) is 0 Å². The molecule has 0 bridgehead atoms. The Bertz CT molecular complexity index is 543. The van der Waals surface area contributed by atoms with Gasteiger partial charge < -0.3 is 5.32 Å². The highest BCUT2D eigenvalue weighted by molar-refractivity contribution is 9.10. The van der Waals surface area contributed by atoms with E-state index in [0.717, 1.165) is 41.2 Å². The Labute approximate surface area is 121 Å². The second-order valence-electron chi connectivity index (χ2n) is 4.17. The van der Waals surface area contributed by atoms with Crippen LogP contribution in [0.25, 0.3) is 0 Å². The molecule has 0 saturated carbocycles. The maximum atomic E-state index is 4.61. The molecule has 0 aliphatic carbocycles. The molecule has 0 unspecified atom stereocenters. The fourth-order valence-electron chi connectivity index (χ4n) is 1.83. The average Bonchev–Trinajstić information content (AvgIpc) is 2.43. The van der Waals surface area contributed by atoms with E-state index in [1.54, 1.807) is 12.4 Å². The SMILES string of the molecule is CCNc1nc(Cc2ccncc2)nc(CC)c1Br. The van der Waals surface area contributed by atoms with E-state index in [4.69, 9.17) is 0 Å². The van der Waals surface area contributed by atoms with Crippen molar-refractivity contribution in [2.24, 2.45) is 0 Å². The summed E-state index contributed by atoms with van der Waals surface area (Å²) in [7, 11) is 0. The molecule has 4 nitrogen and oxygen atoms in total. The molecule has 0 amide bonds. The monoisotopic (exact) mass is 320 g/mol. The molecule has 1 N–H and O–H groups in total. The van der Waals surface area contributed by atoms with Crippen molar-refractivity contribution in [2.75, 3.05) is 11.9 Å². The molecular weight excluding hydrogens is 304 g/mol. The Morgan fingerprint density at radius 1 is 1.16 bits per heavy atom. The van der Waals surface area contributed by atoms with E-state index in [-0.39, 0.29) is 0 Å². The van der Waals surface area contributed by atoms with E-state index in [0.29, 0.717) is 0 Å². The third-order valence-corrected chi connectivity index (χ3v) is 3.59. The van der Waals surface area contributed by atoms with Crippen LogP contribution in [0.5, 0.6) is 0 Å². The number of hydrogen-bond acceptors (Lipinski definition) is 4. The van der Waals surface area contributed by atoms with Crippen molar-refractivity contribution in [3.8, 4) is 0 Å². The molecule has 0 aliphatic rings. The number of halogens is 1. The van der Waals surface area contributed by atoms with Gasteiger partial charge in [0.1, 0.15) is 11.6 Å². The summed E-state index contributed by atoms with van der Waals surface area (Å²) >= 11 is 3.56. The van der Waals surface area contributed by atoms with Crippen LogP contribution < -0.4 is 5.32 Å². The maximum Gasteiger partial charge on any atom is 0.144 e. The highest BCUT2D eigenvalue weighted by atomic mass is 79.9. The van der Waals surface area contributed by atoms with Gasteiger partial charge in [0.2, 0.25) is 0 Å². The fourth-order valence-corrected chi connectivity index (χ4v) is 2.42. The first-order valence-corrected chi connectivity index (χ1v) is 7.22. The molecule has 0 atom stereocenters. The van der Waals surface area contributed by atoms with E-state index in [1.165, 1.54) is 5.56 Å². The van der Waals surface area contributed by atoms with Gasteiger partial charge >= 0.3 is 0 Å². The third kappa shape index (κ3) is 3.50. The molecule has 0 spiro atoms. The minimum Gasteiger partial charge on any atom is -0.369 e. The molecule has 2 aromatic rings. The Kier molecular flexibility index (Phi) is 4.85. The van der Waals surface area contributed by atoms with Gasteiger partial charge in [-0.3, -0.25) is 4.98 Å². The minimum absolute atomic E-state index is 0.723. The number of rotatable bonds is 5. The predicted molar refractivity (Wildman–Crippen MR) is 80.3 cm³/mol. The summed E-state index contributed by atoms with van der Waals surface area (Å²) in [6, 6.07) is 3.98. The lowest BCUT2D eigenvalue weighted by atomic mass is 10.2. The van der Waals surface area contributed by atoms with Crippen molar-refractivity contribution >= 4 is 21.7 Å². The van der Waals surface area contributed by atoms with Gasteiger partial charge in [-0.15, -0.1) is 0 Å². The summed E-state index contributed by atoms with van der Waals surface area (Å²) in [6.45, 7) is 5.00. The molecule has 2 aromatic heterocycles. The lowest BCUT2D eigenvalue weighted by molar-refractivity contribution is 0.893. The lowest BCUT2D eigenvalue weighted by Gasteiger charge is -2.11. The number of anilines is 1. The van der Waals surface area contributed by atoms with Crippen LogP contribution in [0.15, 0.2) is 29.0 Å². The first-order valence-electron chi connectivity index (χ1n) is 6.42. The standard InChI is InChI=1S/C14H17BrN4/c1-3-11-13(15)14(17-4-2)19-12(18-11)9-10-5-7-16-8-6-10/h5-8H,3-4,9H2,1-2H3,(H,17,18,19). The highest BCUT2D eigenvalue weighted by Crippen LogP contribution is 2.24. The molecule has 100 valence electrons. The molecule has 5 heteroatoms. The summed E-state index contributed by atoms with van der Waals surface area (Å²) in [5.41, 5.74) is 2.21. The van der Waals surface area contributed by atoms with Crippen LogP contribution in [0.1, 0.15) is 30.9 Å². The van der Waals surface area contributed by atoms with Crippen LogP contribution in [-0.4, -0.2) is 21.5 Å². The lowest BCUT2D eigenvalue weighted by Crippen LogP contribution is -2.08. The van der Waals surface area contributed by atoms with Crippen molar-refractivity contribution < 1.29 is 0 Å². The summed E-state index contributed by atoms with van der Waals surface area (Å²) in [6.07, 6.45) is 5.19. The van der Waals surface area contributed by atoms with Crippen molar-refractivity contribution in [3.05, 3.63) is 46.1 Å². The molecule has 0 radical (unpaired) electrons. The summed E-state index contributed by atoms with van der Waals surface area (Å²) in [4.78, 5) is 13.2. The number of nitrogens with zero attached hydrogens (tertiary/aromatic N) is 3. The van der Waals surface area contributed by atoms with Gasteiger partial charge in [0.15, 0.2) is 0 Å². The predicted octanol–water partition coefficient (Wildman–Crippen LogP) is 3.22. The van der Waals surface area contributed by atoms with Crippen LogP contribution in [0, 0.1) is 0 Å². The third-order valence-electron chi connectivity index (χ3n) is 2.76. The zero-order valence-corrected chi connectivity index (χ0v) is 12.7. The van der Waals surface area contributed by atoms with Crippen molar-refractivity contribution in [1.82, 2.24) is 15.0 Å². The zero-order valence-electron chi connectivity index (χ0n) is 11.2. The van der Waals surface area contributed by atoms with Crippen LogP contribution in [0.2, 0.25) is 0 Å². The quantitative estimate of drug-likeness (QED) is 0.919. The largest absolute Gasteiger partial charge is 0.369 e. The average molecular weight is 321 g/mol. The second kappa shape index (κ2) is 6.61. The summed E-state index contributed by atoms with van der Waals surface area (Å²) < 4.78 is 0.968. The molecule has 0 fully saturated rings. The second-order valence-corrected chi connectivity index (χ2v) is 4.96. The number of aromatic nitrogens is 3. The van der Waals surface area contributed by atoms with Crippen molar-refractivity contribution in [2.45, 2.75) is 26.7 Å². The first kappa shape index (κ1) is 13.9. The Morgan fingerprint density at radius 2 is 1.89 bits per heavy atom. The molecular formula is C14H17BrN4. The van der Waals surface area contributed by atoms with Crippen LogP contribution in [-0.2, 0) is 12.8 Å². The van der Waals surface area contributed by atoms with E-state index in [9.17, 15) is 0 Å². The van der Waals surface area contributed by atoms with E-state index in [1.807, 2.05) is 12.1 Å². The van der Waals surface area contributed by atoms with Crippen molar-refractivity contribution in [3.63, 3.8) is 0 Å². The van der Waals surface area contributed by atoms with Crippen LogP contribution in [0.3, 0.4) is 0 Å². The highest BCUT2D eigenvalue weighted by Gasteiger charge is 2.10. The Morgan fingerprint density at radius 3 is 2.53 bits per heavy atom. The van der Waals surface area contributed by atoms with Crippen LogP contribution >= 0.6 is 15.9 Å². The van der Waals surface area contributed by atoms with Gasteiger partial charge in [-0.05, 0) is 47.0 Å².